The van der Waals surface area contributed by atoms with Crippen molar-refractivity contribution >= 4 is 58.5 Å². The molecule has 0 aliphatic carbocycles. The summed E-state index contributed by atoms with van der Waals surface area (Å²) in [5.41, 5.74) is 0. The van der Waals surface area contributed by atoms with Crippen molar-refractivity contribution in [3.05, 3.63) is 24.3 Å². The van der Waals surface area contributed by atoms with Gasteiger partial charge in [0.15, 0.2) is 0 Å². The summed E-state index contributed by atoms with van der Waals surface area (Å²) in [5, 5.41) is 0. The molecule has 0 N–H and O–H groups in total. The van der Waals surface area contributed by atoms with Gasteiger partial charge in [0.25, 0.3) is 0 Å². The van der Waals surface area contributed by atoms with Crippen molar-refractivity contribution in [3.63, 3.8) is 0 Å². The molecule has 0 amide bonds. The average molecular weight is 1180 g/mol. The van der Waals surface area contributed by atoms with Crippen molar-refractivity contribution in [2.24, 2.45) is 11.8 Å². The molecule has 0 aromatic rings. The number of rotatable bonds is 64. The summed E-state index contributed by atoms with van der Waals surface area (Å²) < 4.78 is 74.8. The van der Waals surface area contributed by atoms with Crippen LogP contribution in [0.25, 0.3) is 0 Å². The Morgan fingerprint density at radius 2 is 0.443 bits per heavy atom. The Labute approximate surface area is 525 Å². The predicted molar refractivity (Wildman–Crippen MR) is 344 cm³/mol. The molecule has 0 radical (unpaired) electrons. The van der Waals surface area contributed by atoms with Gasteiger partial charge < -0.3 is 9.11 Å². The van der Waals surface area contributed by atoms with Gasteiger partial charge in [0.2, 0.25) is 20.8 Å². The molecule has 79 heavy (non-hydrogen) atoms. The molecule has 0 aliphatic rings. The first-order valence-electron chi connectivity index (χ1n) is 34.5. The van der Waals surface area contributed by atoms with Crippen molar-refractivity contribution in [1.82, 2.24) is 0 Å². The van der Waals surface area contributed by atoms with Gasteiger partial charge in [0.05, 0.1) is 13.2 Å². The Morgan fingerprint density at radius 1 is 0.278 bits per heavy atom. The second-order valence-corrected chi connectivity index (χ2v) is 26.0. The van der Waals surface area contributed by atoms with E-state index in [2.05, 4.69) is 60.4 Å². The van der Waals surface area contributed by atoms with Crippen LogP contribution >= 0.6 is 0 Å². The molecule has 2 unspecified atom stereocenters. The zero-order chi connectivity index (χ0) is 57.4. The quantitative estimate of drug-likeness (QED) is 0.0193. The van der Waals surface area contributed by atoms with Crippen LogP contribution in [0.5, 0.6) is 0 Å². The fraction of sp³-hybridized carbons (Fsp3) is 0.941. The maximum atomic E-state index is 10.9. The van der Waals surface area contributed by atoms with Gasteiger partial charge in [-0.25, -0.2) is 16.8 Å². The molecular formula is C68H134CaO8S2. The van der Waals surface area contributed by atoms with Crippen LogP contribution in [-0.2, 0) is 29.2 Å². The molecule has 0 heterocycles. The van der Waals surface area contributed by atoms with Crippen LogP contribution in [0.1, 0.15) is 387 Å². The van der Waals surface area contributed by atoms with Crippen LogP contribution in [0.2, 0.25) is 0 Å². The maximum Gasteiger partial charge on any atom is 2.00 e. The molecule has 0 fully saturated rings. The minimum absolute atomic E-state index is 0. The van der Waals surface area contributed by atoms with Gasteiger partial charge in [-0.2, -0.15) is 0 Å². The number of unbranched alkanes of at least 4 members (excludes halogenated alkanes) is 50. The van der Waals surface area contributed by atoms with E-state index in [1.54, 1.807) is 0 Å². The van der Waals surface area contributed by atoms with Crippen LogP contribution in [-0.4, -0.2) is 76.9 Å². The van der Waals surface area contributed by atoms with Crippen molar-refractivity contribution in [1.29, 1.82) is 0 Å². The summed E-state index contributed by atoms with van der Waals surface area (Å²) >= 11 is 0. The van der Waals surface area contributed by atoms with Gasteiger partial charge in [-0.15, -0.1) is 0 Å². The summed E-state index contributed by atoms with van der Waals surface area (Å²) in [6, 6.07) is 0. The third-order valence-corrected chi connectivity index (χ3v) is 16.8. The minimum atomic E-state index is -4.62. The Kier molecular flexibility index (Phi) is 73.4. The van der Waals surface area contributed by atoms with Crippen LogP contribution < -0.4 is 0 Å². The molecule has 0 rings (SSSR count). The summed E-state index contributed by atoms with van der Waals surface area (Å²) in [5.74, 6) is 0.0342. The van der Waals surface area contributed by atoms with E-state index in [1.165, 1.54) is 321 Å². The Bertz CT molecular complexity index is 1320. The standard InChI is InChI=1S/2C34H68O4S.Ca/c2*1-3-5-7-9-11-13-15-17-18-19-20-22-24-26-28-30-32-34(33-38-39(35,36)37)31-29-27-25-23-21-16-14-12-10-8-6-4-2;/h2*30,32,34H,3-29,31,33H2,1-2H3,(H,35,36,37);/q;;+2/p-2/b2*32-30+;. The van der Waals surface area contributed by atoms with E-state index >= 15 is 0 Å². The third kappa shape index (κ3) is 78.5. The van der Waals surface area contributed by atoms with E-state index in [1.807, 2.05) is 0 Å². The van der Waals surface area contributed by atoms with Crippen molar-refractivity contribution in [2.75, 3.05) is 13.2 Å². The monoisotopic (exact) mass is 1180 g/mol. The third-order valence-electron chi connectivity index (χ3n) is 16.0. The van der Waals surface area contributed by atoms with Gasteiger partial charge in [0.1, 0.15) is 0 Å². The fourth-order valence-corrected chi connectivity index (χ4v) is 11.5. The summed E-state index contributed by atoms with van der Waals surface area (Å²) in [7, 11) is -9.24. The SMILES string of the molecule is CCCCCCCCCCCCCCCC/C=C/C(CCCCCCCCCCCCCC)COS(=O)(=O)[O-].CCCCCCCCCCCCCCCC/C=C/C(CCCCCCCCCCCCCC)COS(=O)(=O)[O-].[Ca+2]. The Balaban J connectivity index is -0.00000144. The zero-order valence-corrected chi connectivity index (χ0v) is 57.1. The number of allylic oxidation sites excluding steroid dienone is 2. The number of hydrogen-bond donors (Lipinski definition) is 0. The molecule has 0 bridgehead atoms. The largest absolute Gasteiger partial charge is 2.00 e. The first kappa shape index (κ1) is 83.7. The molecule has 2 atom stereocenters. The molecular weight excluding hydrogens is 1050 g/mol. The van der Waals surface area contributed by atoms with Crippen LogP contribution in [0.4, 0.5) is 0 Å². The van der Waals surface area contributed by atoms with Gasteiger partial charge in [-0.05, 0) is 38.5 Å². The van der Waals surface area contributed by atoms with E-state index in [0.717, 1.165) is 38.5 Å². The van der Waals surface area contributed by atoms with Crippen LogP contribution in [0.3, 0.4) is 0 Å². The molecule has 0 saturated carbocycles. The second-order valence-electron chi connectivity index (χ2n) is 23.9. The second kappa shape index (κ2) is 69.3. The minimum Gasteiger partial charge on any atom is -0.726 e. The molecule has 0 saturated heterocycles. The van der Waals surface area contributed by atoms with Crippen molar-refractivity contribution in [2.45, 2.75) is 387 Å². The van der Waals surface area contributed by atoms with Gasteiger partial charge in [0, 0.05) is 11.8 Å². The van der Waals surface area contributed by atoms with Gasteiger partial charge in [-0.1, -0.05) is 373 Å². The average Bonchev–Trinajstić information content (AvgIpc) is 3.41. The molecule has 468 valence electrons. The van der Waals surface area contributed by atoms with Gasteiger partial charge in [-0.3, -0.25) is 8.37 Å². The van der Waals surface area contributed by atoms with E-state index in [0.29, 0.717) is 0 Å². The predicted octanol–water partition coefficient (Wildman–Crippen LogP) is 22.8. The normalized spacial score (nSPS) is 12.8. The van der Waals surface area contributed by atoms with Crippen LogP contribution in [0.15, 0.2) is 24.3 Å². The first-order chi connectivity index (χ1) is 38.0. The molecule has 8 nitrogen and oxygen atoms in total. The maximum absolute atomic E-state index is 10.9. The molecule has 11 heteroatoms. The zero-order valence-electron chi connectivity index (χ0n) is 53.3. The summed E-state index contributed by atoms with van der Waals surface area (Å²) in [6.45, 7) is 9.05. The van der Waals surface area contributed by atoms with E-state index in [4.69, 9.17) is 0 Å². The van der Waals surface area contributed by atoms with Crippen molar-refractivity contribution < 1.29 is 34.3 Å². The molecule has 0 aromatic heterocycles. The summed E-state index contributed by atoms with van der Waals surface area (Å²) in [4.78, 5) is 0. The van der Waals surface area contributed by atoms with E-state index < -0.39 is 20.8 Å². The van der Waals surface area contributed by atoms with Gasteiger partial charge >= 0.3 is 37.7 Å². The molecule has 0 aliphatic heterocycles. The van der Waals surface area contributed by atoms with E-state index in [9.17, 15) is 25.9 Å². The first-order valence-corrected chi connectivity index (χ1v) is 37.2. The van der Waals surface area contributed by atoms with Crippen LogP contribution in [0, 0.1) is 11.8 Å². The Hall–Kier alpha value is 0.480. The summed E-state index contributed by atoms with van der Waals surface area (Å²) in [6.07, 6.45) is 81.9. The van der Waals surface area contributed by atoms with E-state index in [-0.39, 0.29) is 62.8 Å². The molecule has 0 spiro atoms. The topological polar surface area (TPSA) is 133 Å². The Morgan fingerprint density at radius 3 is 0.620 bits per heavy atom. The molecule has 0 aromatic carbocycles. The number of hydrogen-bond acceptors (Lipinski definition) is 8. The smallest absolute Gasteiger partial charge is 0.726 e. The fourth-order valence-electron chi connectivity index (χ4n) is 10.8. The van der Waals surface area contributed by atoms with Crippen molar-refractivity contribution in [3.8, 4) is 0 Å².